The van der Waals surface area contributed by atoms with Crippen LogP contribution in [0.15, 0.2) is 47.4 Å². The van der Waals surface area contributed by atoms with Crippen LogP contribution in [0, 0.1) is 5.82 Å². The standard InChI is InChI=1S/C18H21FN2O4S/c1-4-21(5-2)26(23,24)15-9-6-13(7-10-15)18(22)20-14-8-11-17(25-3)16(19)12-14/h6-12H,4-5H2,1-3H3,(H,20,22). The molecule has 2 rings (SSSR count). The Bertz CT molecular complexity index is 879. The number of hydrogen-bond acceptors (Lipinski definition) is 4. The van der Waals surface area contributed by atoms with Gasteiger partial charge in [-0.05, 0) is 36.4 Å². The highest BCUT2D eigenvalue weighted by molar-refractivity contribution is 7.89. The summed E-state index contributed by atoms with van der Waals surface area (Å²) in [5.41, 5.74) is 0.535. The van der Waals surface area contributed by atoms with Crippen LogP contribution in [-0.4, -0.2) is 38.8 Å². The number of halogens is 1. The van der Waals surface area contributed by atoms with Crippen molar-refractivity contribution in [3.05, 3.63) is 53.8 Å². The summed E-state index contributed by atoms with van der Waals surface area (Å²) >= 11 is 0. The normalized spacial score (nSPS) is 11.4. The zero-order valence-corrected chi connectivity index (χ0v) is 15.6. The smallest absolute Gasteiger partial charge is 0.255 e. The summed E-state index contributed by atoms with van der Waals surface area (Å²) < 4.78 is 44.7. The molecule has 0 fully saturated rings. The summed E-state index contributed by atoms with van der Waals surface area (Å²) in [7, 11) is -2.23. The Morgan fingerprint density at radius 3 is 2.23 bits per heavy atom. The maximum absolute atomic E-state index is 13.7. The molecule has 1 amide bonds. The average molecular weight is 380 g/mol. The Morgan fingerprint density at radius 1 is 1.12 bits per heavy atom. The van der Waals surface area contributed by atoms with Gasteiger partial charge in [-0.25, -0.2) is 12.8 Å². The first-order chi connectivity index (χ1) is 12.3. The molecule has 0 aliphatic carbocycles. The van der Waals surface area contributed by atoms with E-state index in [-0.39, 0.29) is 21.9 Å². The maximum atomic E-state index is 13.7. The van der Waals surface area contributed by atoms with Crippen molar-refractivity contribution in [3.63, 3.8) is 0 Å². The van der Waals surface area contributed by atoms with Crippen molar-refractivity contribution in [3.8, 4) is 5.75 Å². The molecule has 0 heterocycles. The third-order valence-corrected chi connectivity index (χ3v) is 5.93. The van der Waals surface area contributed by atoms with Crippen LogP contribution in [0.5, 0.6) is 5.75 Å². The maximum Gasteiger partial charge on any atom is 0.255 e. The first kappa shape index (κ1) is 19.9. The highest BCUT2D eigenvalue weighted by Gasteiger charge is 2.21. The highest BCUT2D eigenvalue weighted by atomic mass is 32.2. The van der Waals surface area contributed by atoms with Gasteiger partial charge in [-0.1, -0.05) is 13.8 Å². The van der Waals surface area contributed by atoms with Crippen molar-refractivity contribution in [2.45, 2.75) is 18.7 Å². The van der Waals surface area contributed by atoms with Gasteiger partial charge >= 0.3 is 0 Å². The zero-order chi connectivity index (χ0) is 19.3. The highest BCUT2D eigenvalue weighted by Crippen LogP contribution is 2.21. The molecule has 0 saturated carbocycles. The number of carbonyl (C=O) groups is 1. The summed E-state index contributed by atoms with van der Waals surface area (Å²) in [6.45, 7) is 4.25. The van der Waals surface area contributed by atoms with Crippen LogP contribution in [0.1, 0.15) is 24.2 Å². The predicted molar refractivity (Wildman–Crippen MR) is 97.5 cm³/mol. The van der Waals surface area contributed by atoms with E-state index in [1.165, 1.54) is 47.8 Å². The molecule has 0 radical (unpaired) electrons. The summed E-state index contributed by atoms with van der Waals surface area (Å²) in [4.78, 5) is 12.4. The number of nitrogens with one attached hydrogen (secondary N) is 1. The number of rotatable bonds is 7. The average Bonchev–Trinajstić information content (AvgIpc) is 2.62. The van der Waals surface area contributed by atoms with Crippen molar-refractivity contribution >= 4 is 21.6 Å². The quantitative estimate of drug-likeness (QED) is 0.801. The first-order valence-electron chi connectivity index (χ1n) is 8.08. The van der Waals surface area contributed by atoms with Crippen molar-refractivity contribution < 1.29 is 22.3 Å². The van der Waals surface area contributed by atoms with Crippen LogP contribution < -0.4 is 10.1 Å². The number of amides is 1. The number of ether oxygens (including phenoxy) is 1. The Morgan fingerprint density at radius 2 is 1.73 bits per heavy atom. The molecule has 8 heteroatoms. The SMILES string of the molecule is CCN(CC)S(=O)(=O)c1ccc(C(=O)Nc2ccc(OC)c(F)c2)cc1. The molecule has 0 aromatic heterocycles. The van der Waals surface area contributed by atoms with Gasteiger partial charge in [0.05, 0.1) is 12.0 Å². The second kappa shape index (κ2) is 8.29. The van der Waals surface area contributed by atoms with E-state index in [1.54, 1.807) is 13.8 Å². The number of nitrogens with zero attached hydrogens (tertiary/aromatic N) is 1. The number of carbonyl (C=O) groups excluding carboxylic acids is 1. The Balaban J connectivity index is 2.17. The molecule has 0 aliphatic heterocycles. The minimum atomic E-state index is -3.58. The molecule has 0 bridgehead atoms. The van der Waals surface area contributed by atoms with E-state index in [1.807, 2.05) is 0 Å². The van der Waals surface area contributed by atoms with Gasteiger partial charge in [-0.15, -0.1) is 0 Å². The van der Waals surface area contributed by atoms with E-state index in [0.717, 1.165) is 6.07 Å². The summed E-state index contributed by atoms with van der Waals surface area (Å²) in [6.07, 6.45) is 0. The minimum absolute atomic E-state index is 0.0777. The molecule has 26 heavy (non-hydrogen) atoms. The Hall–Kier alpha value is -2.45. The monoisotopic (exact) mass is 380 g/mol. The number of anilines is 1. The van der Waals surface area contributed by atoms with E-state index in [9.17, 15) is 17.6 Å². The van der Waals surface area contributed by atoms with Crippen LogP contribution in [0.2, 0.25) is 0 Å². The number of sulfonamides is 1. The molecular weight excluding hydrogens is 359 g/mol. The summed E-state index contributed by atoms with van der Waals surface area (Å²) in [5.74, 6) is -0.985. The third-order valence-electron chi connectivity index (χ3n) is 3.87. The fourth-order valence-electron chi connectivity index (χ4n) is 2.44. The molecule has 0 spiro atoms. The lowest BCUT2D eigenvalue weighted by Gasteiger charge is -2.18. The van der Waals surface area contributed by atoms with Crippen LogP contribution in [0.3, 0.4) is 0 Å². The second-order valence-electron chi connectivity index (χ2n) is 5.42. The van der Waals surface area contributed by atoms with Gasteiger partial charge < -0.3 is 10.1 Å². The number of methoxy groups -OCH3 is 1. The largest absolute Gasteiger partial charge is 0.494 e. The molecule has 0 atom stereocenters. The lowest BCUT2D eigenvalue weighted by Crippen LogP contribution is -2.30. The molecule has 140 valence electrons. The van der Waals surface area contributed by atoms with Crippen molar-refractivity contribution in [1.82, 2.24) is 4.31 Å². The molecule has 2 aromatic carbocycles. The van der Waals surface area contributed by atoms with E-state index in [2.05, 4.69) is 5.32 Å². The topological polar surface area (TPSA) is 75.7 Å². The van der Waals surface area contributed by atoms with E-state index in [0.29, 0.717) is 13.1 Å². The van der Waals surface area contributed by atoms with Gasteiger partial charge in [-0.2, -0.15) is 4.31 Å². The van der Waals surface area contributed by atoms with Gasteiger partial charge in [0, 0.05) is 30.4 Å². The molecule has 0 saturated heterocycles. The zero-order valence-electron chi connectivity index (χ0n) is 14.8. The first-order valence-corrected chi connectivity index (χ1v) is 9.52. The Kier molecular flexibility index (Phi) is 6.33. The lowest BCUT2D eigenvalue weighted by atomic mass is 10.2. The molecule has 0 aliphatic rings. The van der Waals surface area contributed by atoms with Crippen LogP contribution in [0.4, 0.5) is 10.1 Å². The number of benzene rings is 2. The predicted octanol–water partition coefficient (Wildman–Crippen LogP) is 3.12. The molecule has 2 aromatic rings. The van der Waals surface area contributed by atoms with Gasteiger partial charge in [0.15, 0.2) is 11.6 Å². The van der Waals surface area contributed by atoms with Crippen LogP contribution in [0.25, 0.3) is 0 Å². The van der Waals surface area contributed by atoms with E-state index in [4.69, 9.17) is 4.74 Å². The second-order valence-corrected chi connectivity index (χ2v) is 7.36. The van der Waals surface area contributed by atoms with Crippen LogP contribution in [-0.2, 0) is 10.0 Å². The van der Waals surface area contributed by atoms with Crippen molar-refractivity contribution in [1.29, 1.82) is 0 Å². The summed E-state index contributed by atoms with van der Waals surface area (Å²) in [6, 6.07) is 9.69. The third kappa shape index (κ3) is 4.20. The minimum Gasteiger partial charge on any atom is -0.494 e. The van der Waals surface area contributed by atoms with Crippen LogP contribution >= 0.6 is 0 Å². The summed E-state index contributed by atoms with van der Waals surface area (Å²) in [5, 5.41) is 2.56. The van der Waals surface area contributed by atoms with Gasteiger partial charge in [0.2, 0.25) is 10.0 Å². The molecule has 0 unspecified atom stereocenters. The number of hydrogen-bond donors (Lipinski definition) is 1. The molecular formula is C18H21FN2O4S. The van der Waals surface area contributed by atoms with Gasteiger partial charge in [0.1, 0.15) is 0 Å². The fraction of sp³-hybridized carbons (Fsp3) is 0.278. The van der Waals surface area contributed by atoms with Gasteiger partial charge in [0.25, 0.3) is 5.91 Å². The van der Waals surface area contributed by atoms with E-state index >= 15 is 0 Å². The fourth-order valence-corrected chi connectivity index (χ4v) is 3.90. The lowest BCUT2D eigenvalue weighted by molar-refractivity contribution is 0.102. The van der Waals surface area contributed by atoms with Crippen molar-refractivity contribution in [2.24, 2.45) is 0 Å². The van der Waals surface area contributed by atoms with Gasteiger partial charge in [-0.3, -0.25) is 4.79 Å². The van der Waals surface area contributed by atoms with E-state index < -0.39 is 21.7 Å². The molecule has 1 N–H and O–H groups in total. The van der Waals surface area contributed by atoms with Crippen molar-refractivity contribution in [2.75, 3.05) is 25.5 Å². The Labute approximate surface area is 152 Å². The molecule has 6 nitrogen and oxygen atoms in total.